The van der Waals surface area contributed by atoms with Gasteiger partial charge in [0.2, 0.25) is 0 Å². The lowest BCUT2D eigenvalue weighted by Gasteiger charge is -2.21. The summed E-state index contributed by atoms with van der Waals surface area (Å²) in [4.78, 5) is 17.1. The van der Waals surface area contributed by atoms with Crippen LogP contribution in [-0.4, -0.2) is 27.7 Å². The Hall–Kier alpha value is -2.56. The van der Waals surface area contributed by atoms with Gasteiger partial charge in [-0.1, -0.05) is 11.6 Å². The van der Waals surface area contributed by atoms with Crippen molar-refractivity contribution >= 4 is 17.7 Å². The fourth-order valence-corrected chi connectivity index (χ4v) is 2.16. The third-order valence-corrected chi connectivity index (χ3v) is 3.30. The summed E-state index contributed by atoms with van der Waals surface area (Å²) >= 11 is 0. The number of aryl methyl sites for hydroxylation is 2. The van der Waals surface area contributed by atoms with Gasteiger partial charge in [-0.05, 0) is 30.7 Å². The fourth-order valence-electron chi connectivity index (χ4n) is 2.16. The van der Waals surface area contributed by atoms with Gasteiger partial charge in [0.1, 0.15) is 5.82 Å². The molecule has 5 nitrogen and oxygen atoms in total. The molecule has 2 rings (SSSR count). The summed E-state index contributed by atoms with van der Waals surface area (Å²) < 4.78 is 1.97. The molecule has 0 saturated carbocycles. The lowest BCUT2D eigenvalue weighted by Crippen LogP contribution is -2.19. The molecular weight excluding hydrogens is 266 g/mol. The summed E-state index contributed by atoms with van der Waals surface area (Å²) in [5, 5.41) is 8.80. The monoisotopic (exact) mass is 285 g/mol. The molecule has 0 radical (unpaired) electrons. The van der Waals surface area contributed by atoms with Crippen molar-refractivity contribution in [3.8, 4) is 0 Å². The quantitative estimate of drug-likeness (QED) is 0.857. The average molecular weight is 285 g/mol. The Morgan fingerprint density at radius 3 is 2.86 bits per heavy atom. The number of imidazole rings is 1. The van der Waals surface area contributed by atoms with Gasteiger partial charge in [0.05, 0.1) is 6.54 Å². The van der Waals surface area contributed by atoms with Gasteiger partial charge in [0, 0.05) is 38.3 Å². The van der Waals surface area contributed by atoms with E-state index >= 15 is 0 Å². The van der Waals surface area contributed by atoms with Crippen LogP contribution in [0.2, 0.25) is 0 Å². The fraction of sp³-hybridized carbons (Fsp3) is 0.250. The molecule has 1 N–H and O–H groups in total. The molecule has 0 aliphatic heterocycles. The summed E-state index contributed by atoms with van der Waals surface area (Å²) in [6.45, 7) is 2.64. The maximum absolute atomic E-state index is 10.7. The number of aromatic nitrogens is 2. The normalized spacial score (nSPS) is 11.0. The van der Waals surface area contributed by atoms with E-state index in [1.807, 2.05) is 50.0 Å². The van der Waals surface area contributed by atoms with E-state index in [1.165, 1.54) is 0 Å². The second-order valence-corrected chi connectivity index (χ2v) is 5.04. The number of aliphatic carboxylic acids is 1. The minimum absolute atomic E-state index is 0.653. The maximum Gasteiger partial charge on any atom is 0.328 e. The van der Waals surface area contributed by atoms with Gasteiger partial charge in [-0.3, -0.25) is 0 Å². The third-order valence-electron chi connectivity index (χ3n) is 3.30. The smallest absolute Gasteiger partial charge is 0.328 e. The number of carboxylic acids is 1. The number of anilines is 1. The minimum Gasteiger partial charge on any atom is -0.478 e. The molecule has 1 heterocycles. The number of nitrogens with zero attached hydrogens (tertiary/aromatic N) is 3. The highest BCUT2D eigenvalue weighted by molar-refractivity contribution is 5.87. The van der Waals surface area contributed by atoms with E-state index in [2.05, 4.69) is 9.88 Å². The van der Waals surface area contributed by atoms with Crippen LogP contribution >= 0.6 is 0 Å². The first-order chi connectivity index (χ1) is 9.97. The molecule has 1 aromatic carbocycles. The van der Waals surface area contributed by atoms with Crippen molar-refractivity contribution in [1.29, 1.82) is 0 Å². The molecule has 0 fully saturated rings. The number of benzene rings is 1. The maximum atomic E-state index is 10.7. The molecule has 0 bridgehead atoms. The van der Waals surface area contributed by atoms with Gasteiger partial charge < -0.3 is 14.6 Å². The summed E-state index contributed by atoms with van der Waals surface area (Å²) in [5.74, 6) is 0.000416. The number of hydrogen-bond donors (Lipinski definition) is 1. The predicted molar refractivity (Wildman–Crippen MR) is 83.2 cm³/mol. The van der Waals surface area contributed by atoms with E-state index in [1.54, 1.807) is 12.3 Å². The Morgan fingerprint density at radius 1 is 1.48 bits per heavy atom. The van der Waals surface area contributed by atoms with E-state index in [4.69, 9.17) is 5.11 Å². The molecule has 0 amide bonds. The first kappa shape index (κ1) is 14.8. The van der Waals surface area contributed by atoms with Crippen molar-refractivity contribution in [2.24, 2.45) is 7.05 Å². The van der Waals surface area contributed by atoms with Crippen LogP contribution in [0.3, 0.4) is 0 Å². The molecule has 1 aromatic heterocycles. The van der Waals surface area contributed by atoms with Crippen molar-refractivity contribution in [3.63, 3.8) is 0 Å². The molecule has 0 aliphatic rings. The van der Waals surface area contributed by atoms with Crippen molar-refractivity contribution < 1.29 is 9.90 Å². The number of hydrogen-bond acceptors (Lipinski definition) is 3. The van der Waals surface area contributed by atoms with Crippen molar-refractivity contribution in [3.05, 3.63) is 53.6 Å². The van der Waals surface area contributed by atoms with E-state index in [-0.39, 0.29) is 0 Å². The first-order valence-electron chi connectivity index (χ1n) is 6.66. The summed E-state index contributed by atoms with van der Waals surface area (Å²) in [7, 11) is 3.92. The summed E-state index contributed by atoms with van der Waals surface area (Å²) in [6, 6.07) is 5.99. The molecule has 0 atom stereocenters. The highest BCUT2D eigenvalue weighted by Gasteiger charge is 2.09. The van der Waals surface area contributed by atoms with Crippen LogP contribution in [-0.2, 0) is 18.4 Å². The van der Waals surface area contributed by atoms with E-state index < -0.39 is 5.97 Å². The van der Waals surface area contributed by atoms with Gasteiger partial charge in [0.15, 0.2) is 0 Å². The zero-order valence-corrected chi connectivity index (χ0v) is 12.4. The number of carbonyl (C=O) groups is 1. The number of carboxylic acid groups (broad SMARTS) is 1. The molecular formula is C16H19N3O2. The average Bonchev–Trinajstić information content (AvgIpc) is 2.82. The Labute approximate surface area is 124 Å². The van der Waals surface area contributed by atoms with Gasteiger partial charge in [-0.25, -0.2) is 9.78 Å². The largest absolute Gasteiger partial charge is 0.478 e. The van der Waals surface area contributed by atoms with Crippen LogP contribution in [0.5, 0.6) is 0 Å². The third kappa shape index (κ3) is 3.72. The Morgan fingerprint density at radius 2 is 2.24 bits per heavy atom. The Kier molecular flexibility index (Phi) is 4.42. The van der Waals surface area contributed by atoms with E-state index in [0.29, 0.717) is 6.54 Å². The lowest BCUT2D eigenvalue weighted by molar-refractivity contribution is -0.131. The van der Waals surface area contributed by atoms with Crippen LogP contribution in [0, 0.1) is 6.92 Å². The summed E-state index contributed by atoms with van der Waals surface area (Å²) in [5.41, 5.74) is 2.95. The topological polar surface area (TPSA) is 58.4 Å². The standard InChI is InChI=1S/C16H19N3O2/c1-12-4-6-14(13(10-12)5-7-16(20)21)19(3)11-15-17-8-9-18(15)2/h4-10H,11H2,1-3H3,(H,20,21)/b7-5+. The van der Waals surface area contributed by atoms with Crippen LogP contribution in [0.25, 0.3) is 6.08 Å². The van der Waals surface area contributed by atoms with Crippen molar-refractivity contribution in [2.45, 2.75) is 13.5 Å². The van der Waals surface area contributed by atoms with Gasteiger partial charge in [0.25, 0.3) is 0 Å². The molecule has 2 aromatic rings. The number of rotatable bonds is 5. The second-order valence-electron chi connectivity index (χ2n) is 5.04. The van der Waals surface area contributed by atoms with Gasteiger partial charge in [-0.2, -0.15) is 0 Å². The van der Waals surface area contributed by atoms with Crippen molar-refractivity contribution in [2.75, 3.05) is 11.9 Å². The lowest BCUT2D eigenvalue weighted by atomic mass is 10.1. The first-order valence-corrected chi connectivity index (χ1v) is 6.66. The highest BCUT2D eigenvalue weighted by atomic mass is 16.4. The highest BCUT2D eigenvalue weighted by Crippen LogP contribution is 2.23. The van der Waals surface area contributed by atoms with E-state index in [0.717, 1.165) is 28.7 Å². The second kappa shape index (κ2) is 6.26. The molecule has 5 heteroatoms. The zero-order valence-electron chi connectivity index (χ0n) is 12.4. The van der Waals surface area contributed by atoms with Crippen LogP contribution in [0.15, 0.2) is 36.7 Å². The zero-order chi connectivity index (χ0) is 15.4. The van der Waals surface area contributed by atoms with Crippen molar-refractivity contribution in [1.82, 2.24) is 9.55 Å². The molecule has 21 heavy (non-hydrogen) atoms. The van der Waals surface area contributed by atoms with E-state index in [9.17, 15) is 4.79 Å². The van der Waals surface area contributed by atoms with Gasteiger partial charge >= 0.3 is 5.97 Å². The van der Waals surface area contributed by atoms with Crippen LogP contribution < -0.4 is 4.90 Å². The Balaban J connectivity index is 2.29. The predicted octanol–water partition coefficient (Wildman–Crippen LogP) is 2.46. The molecule has 0 aliphatic carbocycles. The molecule has 0 spiro atoms. The minimum atomic E-state index is -0.950. The molecule has 0 unspecified atom stereocenters. The van der Waals surface area contributed by atoms with Crippen LogP contribution in [0.1, 0.15) is 17.0 Å². The van der Waals surface area contributed by atoms with Crippen LogP contribution in [0.4, 0.5) is 5.69 Å². The Bertz CT molecular complexity index is 674. The molecule has 0 saturated heterocycles. The van der Waals surface area contributed by atoms with Gasteiger partial charge in [-0.15, -0.1) is 0 Å². The summed E-state index contributed by atoms with van der Waals surface area (Å²) in [6.07, 6.45) is 6.46. The SMILES string of the molecule is Cc1ccc(N(C)Cc2nccn2C)c(/C=C/C(=O)O)c1. The molecule has 110 valence electrons.